The van der Waals surface area contributed by atoms with Crippen LogP contribution in [-0.4, -0.2) is 10.3 Å². The molecule has 0 saturated heterocycles. The van der Waals surface area contributed by atoms with Crippen LogP contribution < -0.4 is 10.6 Å². The Morgan fingerprint density at radius 1 is 0.842 bits per heavy atom. The maximum Gasteiger partial charge on any atom is 0.215 e. The standard InChI is InChI=1S/C12H12N4O3/c1-3-17-7-9(1)5-13-11-12(16-19-15-11)14-6-10-2-4-18-8-10/h1-4,7-8H,5-6H2,(H,13,15)(H,14,16). The first-order valence-corrected chi connectivity index (χ1v) is 5.74. The Balaban J connectivity index is 1.58. The second kappa shape index (κ2) is 5.30. The monoisotopic (exact) mass is 260 g/mol. The molecule has 3 aromatic heterocycles. The van der Waals surface area contributed by atoms with E-state index in [9.17, 15) is 0 Å². The van der Waals surface area contributed by atoms with Crippen molar-refractivity contribution in [1.29, 1.82) is 0 Å². The molecule has 0 aliphatic heterocycles. The molecule has 0 atom stereocenters. The molecule has 3 heterocycles. The molecular formula is C12H12N4O3. The van der Waals surface area contributed by atoms with Gasteiger partial charge in [-0.25, -0.2) is 4.63 Å². The zero-order valence-electron chi connectivity index (χ0n) is 10.00. The molecule has 2 N–H and O–H groups in total. The quantitative estimate of drug-likeness (QED) is 0.703. The van der Waals surface area contributed by atoms with Crippen LogP contribution in [0, 0.1) is 0 Å². The second-order valence-electron chi connectivity index (χ2n) is 3.93. The molecule has 0 fully saturated rings. The Morgan fingerprint density at radius 3 is 1.79 bits per heavy atom. The van der Waals surface area contributed by atoms with E-state index in [-0.39, 0.29) is 0 Å². The predicted molar refractivity (Wildman–Crippen MR) is 66.4 cm³/mol. The summed E-state index contributed by atoms with van der Waals surface area (Å²) < 4.78 is 14.7. The fraction of sp³-hybridized carbons (Fsp3) is 0.167. The van der Waals surface area contributed by atoms with E-state index >= 15 is 0 Å². The van der Waals surface area contributed by atoms with Crippen molar-refractivity contribution in [2.45, 2.75) is 13.1 Å². The zero-order chi connectivity index (χ0) is 12.9. The normalized spacial score (nSPS) is 10.5. The highest BCUT2D eigenvalue weighted by Gasteiger charge is 2.09. The van der Waals surface area contributed by atoms with Gasteiger partial charge in [0.1, 0.15) is 0 Å². The average molecular weight is 260 g/mol. The summed E-state index contributed by atoms with van der Waals surface area (Å²) in [4.78, 5) is 0. The Morgan fingerprint density at radius 2 is 1.37 bits per heavy atom. The number of nitrogens with zero attached hydrogens (tertiary/aromatic N) is 2. The van der Waals surface area contributed by atoms with E-state index in [1.54, 1.807) is 25.1 Å². The first kappa shape index (κ1) is 11.4. The second-order valence-corrected chi connectivity index (χ2v) is 3.93. The van der Waals surface area contributed by atoms with Crippen LogP contribution in [0.4, 0.5) is 11.6 Å². The smallest absolute Gasteiger partial charge is 0.215 e. The summed E-state index contributed by atoms with van der Waals surface area (Å²) in [5, 5.41) is 13.8. The average Bonchev–Trinajstić information content (AvgIpc) is 3.16. The van der Waals surface area contributed by atoms with E-state index in [2.05, 4.69) is 20.9 Å². The molecule has 0 radical (unpaired) electrons. The molecule has 0 amide bonds. The number of anilines is 2. The molecule has 0 aliphatic rings. The molecule has 0 unspecified atom stereocenters. The van der Waals surface area contributed by atoms with Crippen LogP contribution in [0.15, 0.2) is 50.6 Å². The minimum atomic E-state index is 0.560. The van der Waals surface area contributed by atoms with Gasteiger partial charge in [0.2, 0.25) is 11.6 Å². The summed E-state index contributed by atoms with van der Waals surface area (Å²) in [5.74, 6) is 1.12. The van der Waals surface area contributed by atoms with Crippen LogP contribution in [-0.2, 0) is 13.1 Å². The summed E-state index contributed by atoms with van der Waals surface area (Å²) in [6.45, 7) is 1.18. The highest BCUT2D eigenvalue weighted by atomic mass is 16.6. The van der Waals surface area contributed by atoms with Gasteiger partial charge < -0.3 is 19.5 Å². The molecule has 7 heteroatoms. The lowest BCUT2D eigenvalue weighted by Crippen LogP contribution is -2.04. The maximum absolute atomic E-state index is 4.99. The lowest BCUT2D eigenvalue weighted by Gasteiger charge is -2.03. The molecule has 98 valence electrons. The van der Waals surface area contributed by atoms with E-state index < -0.39 is 0 Å². The number of aromatic nitrogens is 2. The van der Waals surface area contributed by atoms with Gasteiger partial charge >= 0.3 is 0 Å². The van der Waals surface area contributed by atoms with Gasteiger partial charge in [-0.05, 0) is 22.4 Å². The fourth-order valence-corrected chi connectivity index (χ4v) is 1.58. The fourth-order valence-electron chi connectivity index (χ4n) is 1.58. The van der Waals surface area contributed by atoms with Crippen LogP contribution in [0.25, 0.3) is 0 Å². The topological polar surface area (TPSA) is 89.3 Å². The number of hydrogen-bond donors (Lipinski definition) is 2. The van der Waals surface area contributed by atoms with Crippen molar-refractivity contribution in [3.63, 3.8) is 0 Å². The summed E-state index contributed by atoms with van der Waals surface area (Å²) in [6.07, 6.45) is 6.57. The van der Waals surface area contributed by atoms with Crippen LogP contribution in [0.3, 0.4) is 0 Å². The summed E-state index contributed by atoms with van der Waals surface area (Å²) >= 11 is 0. The molecule has 19 heavy (non-hydrogen) atoms. The van der Waals surface area contributed by atoms with Gasteiger partial charge in [0, 0.05) is 24.2 Å². The Kier molecular flexibility index (Phi) is 3.18. The molecule has 0 aliphatic carbocycles. The van der Waals surface area contributed by atoms with Gasteiger partial charge in [-0.2, -0.15) is 0 Å². The lowest BCUT2D eigenvalue weighted by atomic mass is 10.3. The predicted octanol–water partition coefficient (Wildman–Crippen LogP) is 2.48. The van der Waals surface area contributed by atoms with Crippen molar-refractivity contribution in [2.24, 2.45) is 0 Å². The number of nitrogens with one attached hydrogen (secondary N) is 2. The third kappa shape index (κ3) is 2.76. The highest BCUT2D eigenvalue weighted by Crippen LogP contribution is 2.17. The number of rotatable bonds is 6. The van der Waals surface area contributed by atoms with Crippen molar-refractivity contribution in [1.82, 2.24) is 10.3 Å². The van der Waals surface area contributed by atoms with Gasteiger partial charge in [0.15, 0.2) is 0 Å². The molecule has 0 aromatic carbocycles. The van der Waals surface area contributed by atoms with Crippen molar-refractivity contribution in [2.75, 3.05) is 10.6 Å². The van der Waals surface area contributed by atoms with Crippen molar-refractivity contribution in [3.05, 3.63) is 48.3 Å². The first-order valence-electron chi connectivity index (χ1n) is 5.74. The van der Waals surface area contributed by atoms with Crippen molar-refractivity contribution < 1.29 is 13.5 Å². The van der Waals surface area contributed by atoms with E-state index in [1.165, 1.54) is 0 Å². The Labute approximate surface area is 108 Å². The largest absolute Gasteiger partial charge is 0.472 e. The SMILES string of the molecule is c1cc(CNc2nonc2NCc2ccoc2)co1. The molecular weight excluding hydrogens is 248 g/mol. The maximum atomic E-state index is 4.99. The Bertz CT molecular complexity index is 548. The molecule has 0 bridgehead atoms. The Hall–Kier alpha value is -2.70. The first-order chi connectivity index (χ1) is 9.42. The van der Waals surface area contributed by atoms with Crippen LogP contribution in [0.5, 0.6) is 0 Å². The van der Waals surface area contributed by atoms with E-state index in [0.717, 1.165) is 11.1 Å². The number of hydrogen-bond acceptors (Lipinski definition) is 7. The van der Waals surface area contributed by atoms with E-state index in [4.69, 9.17) is 13.5 Å². The van der Waals surface area contributed by atoms with Gasteiger partial charge in [-0.1, -0.05) is 0 Å². The van der Waals surface area contributed by atoms with Gasteiger partial charge in [-0.3, -0.25) is 0 Å². The van der Waals surface area contributed by atoms with Crippen LogP contribution in [0.2, 0.25) is 0 Å². The molecule has 7 nitrogen and oxygen atoms in total. The summed E-state index contributed by atoms with van der Waals surface area (Å²) in [5.41, 5.74) is 2.03. The van der Waals surface area contributed by atoms with Crippen LogP contribution >= 0.6 is 0 Å². The van der Waals surface area contributed by atoms with Gasteiger partial charge in [-0.15, -0.1) is 0 Å². The van der Waals surface area contributed by atoms with Crippen molar-refractivity contribution >= 4 is 11.6 Å². The molecule has 3 aromatic rings. The van der Waals surface area contributed by atoms with E-state index in [0.29, 0.717) is 24.7 Å². The minimum Gasteiger partial charge on any atom is -0.472 e. The molecule has 3 rings (SSSR count). The third-order valence-corrected chi connectivity index (χ3v) is 2.57. The molecule has 0 spiro atoms. The van der Waals surface area contributed by atoms with Gasteiger partial charge in [0.05, 0.1) is 25.1 Å². The van der Waals surface area contributed by atoms with Crippen molar-refractivity contribution in [3.8, 4) is 0 Å². The van der Waals surface area contributed by atoms with E-state index in [1.807, 2.05) is 12.1 Å². The zero-order valence-corrected chi connectivity index (χ0v) is 10.00. The minimum absolute atomic E-state index is 0.560. The molecule has 0 saturated carbocycles. The summed E-state index contributed by atoms with van der Waals surface area (Å²) in [6, 6.07) is 3.75. The highest BCUT2D eigenvalue weighted by molar-refractivity contribution is 5.57. The summed E-state index contributed by atoms with van der Waals surface area (Å²) in [7, 11) is 0. The van der Waals surface area contributed by atoms with Gasteiger partial charge in [0.25, 0.3) is 0 Å². The number of furan rings is 2. The third-order valence-electron chi connectivity index (χ3n) is 2.57. The lowest BCUT2D eigenvalue weighted by molar-refractivity contribution is 0.310. The van der Waals surface area contributed by atoms with Crippen LogP contribution in [0.1, 0.15) is 11.1 Å².